The van der Waals surface area contributed by atoms with Gasteiger partial charge < -0.3 is 20.0 Å². The molecule has 0 saturated carbocycles. The van der Waals surface area contributed by atoms with E-state index in [1.807, 2.05) is 17.9 Å². The minimum atomic E-state index is -0.899. The Bertz CT molecular complexity index is 2210. The van der Waals surface area contributed by atoms with Gasteiger partial charge in [-0.25, -0.2) is 4.39 Å². The molecule has 8 rings (SSSR count). The van der Waals surface area contributed by atoms with Crippen molar-refractivity contribution in [1.82, 2.24) is 39.9 Å². The van der Waals surface area contributed by atoms with Crippen LogP contribution in [0.3, 0.4) is 0 Å². The maximum absolute atomic E-state index is 14.7. The second-order valence-electron chi connectivity index (χ2n) is 17.0. The van der Waals surface area contributed by atoms with Crippen LogP contribution in [0.2, 0.25) is 0 Å². The van der Waals surface area contributed by atoms with E-state index in [0.717, 1.165) is 87.6 Å². The molecule has 3 aromatic carbocycles. The van der Waals surface area contributed by atoms with Crippen molar-refractivity contribution in [2.45, 2.75) is 57.2 Å². The number of benzene rings is 3. The number of nitrogens with zero attached hydrogens (tertiary/aromatic N) is 8. The molecule has 0 bridgehead atoms. The lowest BCUT2D eigenvalue weighted by atomic mass is 9.93. The molecular formula is C44H55FN10O4. The fourth-order valence-corrected chi connectivity index (χ4v) is 9.36. The van der Waals surface area contributed by atoms with Gasteiger partial charge in [0.2, 0.25) is 11.8 Å². The minimum absolute atomic E-state index is 0.0112. The molecule has 4 aliphatic heterocycles. The number of likely N-dealkylation sites (N-methyl/N-ethyl adjacent to an activating group) is 1. The largest absolute Gasteiger partial charge is 0.376 e. The van der Waals surface area contributed by atoms with Gasteiger partial charge in [0.1, 0.15) is 17.4 Å². The summed E-state index contributed by atoms with van der Waals surface area (Å²) in [4.78, 5) is 62.1. The standard InChI is InChI=1S/C44H55FN10O4/c1-29-5-4-6-37(45)35(29)26-52-27-36(40(28-52)50(2)3)31-7-10-33(11-8-31)53-21-19-51(20-22-53)25-30-15-17-54(18-16-30)42(57)24-46-32-9-12-38-34(23-32)44(59)55(49-48-38)39-13-14-41(56)47-43(39)58/h4-12,23,30,36,39-40,46H,13-22,24-28H2,1-3H3,(H,47,56,58)/t36-,39?,40+/m1/s1. The van der Waals surface area contributed by atoms with Gasteiger partial charge in [0.05, 0.1) is 11.9 Å². The third-order valence-corrected chi connectivity index (χ3v) is 12.9. The molecule has 1 unspecified atom stereocenters. The first-order chi connectivity index (χ1) is 28.5. The molecule has 3 atom stereocenters. The fourth-order valence-electron chi connectivity index (χ4n) is 9.36. The number of carbonyl (C=O) groups is 3. The van der Waals surface area contributed by atoms with Gasteiger partial charge in [0.25, 0.3) is 11.5 Å². The summed E-state index contributed by atoms with van der Waals surface area (Å²) in [6.07, 6.45) is 2.24. The SMILES string of the molecule is Cc1cccc(F)c1CN1C[C@H](c2ccc(N3CCN(CC4CCN(C(=O)CNc5ccc6nnn(C7CCC(=O)NC7=O)c(=O)c6c5)CC4)CC3)cc2)[C@@H](N(C)C)C1. The highest BCUT2D eigenvalue weighted by Gasteiger charge is 2.36. The Balaban J connectivity index is 0.778. The van der Waals surface area contributed by atoms with E-state index in [9.17, 15) is 23.6 Å². The molecule has 312 valence electrons. The maximum atomic E-state index is 14.7. The predicted molar refractivity (Wildman–Crippen MR) is 225 cm³/mol. The van der Waals surface area contributed by atoms with Gasteiger partial charge in [-0.3, -0.25) is 34.3 Å². The fraction of sp³-hybridized carbons (Fsp3) is 0.500. The highest BCUT2D eigenvalue weighted by atomic mass is 19.1. The molecule has 14 nitrogen and oxygen atoms in total. The molecule has 3 amide bonds. The molecule has 4 fully saturated rings. The van der Waals surface area contributed by atoms with Gasteiger partial charge in [0, 0.05) is 101 Å². The number of imide groups is 1. The summed E-state index contributed by atoms with van der Waals surface area (Å²) in [5, 5.41) is 13.8. The molecule has 2 N–H and O–H groups in total. The second-order valence-corrected chi connectivity index (χ2v) is 17.0. The Morgan fingerprint density at radius 1 is 0.915 bits per heavy atom. The monoisotopic (exact) mass is 806 g/mol. The number of carbonyl (C=O) groups excluding carboxylic acids is 3. The zero-order valence-electron chi connectivity index (χ0n) is 34.3. The molecule has 4 aliphatic rings. The molecule has 0 spiro atoms. The van der Waals surface area contributed by atoms with E-state index >= 15 is 0 Å². The van der Waals surface area contributed by atoms with Crippen molar-refractivity contribution < 1.29 is 18.8 Å². The van der Waals surface area contributed by atoms with Gasteiger partial charge in [0.15, 0.2) is 0 Å². The van der Waals surface area contributed by atoms with Crippen LogP contribution >= 0.6 is 0 Å². The summed E-state index contributed by atoms with van der Waals surface area (Å²) in [5.74, 6) is -0.143. The molecule has 1 aromatic heterocycles. The Morgan fingerprint density at radius 3 is 2.39 bits per heavy atom. The van der Waals surface area contributed by atoms with E-state index in [2.05, 4.69) is 78.9 Å². The number of likely N-dealkylation sites (tertiary alicyclic amines) is 2. The van der Waals surface area contributed by atoms with Crippen LogP contribution in [-0.4, -0.2) is 138 Å². The van der Waals surface area contributed by atoms with Crippen LogP contribution in [0, 0.1) is 18.7 Å². The number of hydrogen-bond acceptors (Lipinski definition) is 11. The van der Waals surface area contributed by atoms with Crippen LogP contribution in [0.15, 0.2) is 65.5 Å². The minimum Gasteiger partial charge on any atom is -0.376 e. The number of rotatable bonds is 11. The van der Waals surface area contributed by atoms with Crippen LogP contribution in [0.25, 0.3) is 10.9 Å². The number of amides is 3. The van der Waals surface area contributed by atoms with Crippen molar-refractivity contribution in [2.75, 3.05) is 89.8 Å². The van der Waals surface area contributed by atoms with E-state index in [0.29, 0.717) is 35.6 Å². The van der Waals surface area contributed by atoms with Crippen molar-refractivity contribution in [2.24, 2.45) is 5.92 Å². The molecule has 4 aromatic rings. The average Bonchev–Trinajstić information content (AvgIpc) is 3.67. The van der Waals surface area contributed by atoms with Crippen LogP contribution in [-0.2, 0) is 20.9 Å². The van der Waals surface area contributed by atoms with Gasteiger partial charge in [-0.1, -0.05) is 29.5 Å². The molecule has 15 heteroatoms. The number of piperazine rings is 1. The lowest BCUT2D eigenvalue weighted by Crippen LogP contribution is -2.49. The normalized spacial score (nSPS) is 22.4. The lowest BCUT2D eigenvalue weighted by molar-refractivity contribution is -0.136. The summed E-state index contributed by atoms with van der Waals surface area (Å²) < 4.78 is 15.7. The van der Waals surface area contributed by atoms with Crippen LogP contribution < -0.4 is 21.1 Å². The van der Waals surface area contributed by atoms with Gasteiger partial charge in [-0.2, -0.15) is 4.68 Å². The third kappa shape index (κ3) is 9.02. The third-order valence-electron chi connectivity index (χ3n) is 12.9. The van der Waals surface area contributed by atoms with Crippen molar-refractivity contribution in [1.29, 1.82) is 0 Å². The summed E-state index contributed by atoms with van der Waals surface area (Å²) in [6, 6.07) is 19.0. The first-order valence-corrected chi connectivity index (χ1v) is 21.0. The maximum Gasteiger partial charge on any atom is 0.278 e. The number of aromatic nitrogens is 3. The number of aryl methyl sites for hydroxylation is 1. The van der Waals surface area contributed by atoms with Crippen LogP contribution in [0.5, 0.6) is 0 Å². The van der Waals surface area contributed by atoms with E-state index in [4.69, 9.17) is 0 Å². The van der Waals surface area contributed by atoms with Crippen molar-refractivity contribution in [3.8, 4) is 0 Å². The highest BCUT2D eigenvalue weighted by molar-refractivity contribution is 5.99. The number of halogens is 1. The van der Waals surface area contributed by atoms with E-state index in [1.165, 1.54) is 11.3 Å². The van der Waals surface area contributed by atoms with E-state index in [-0.39, 0.29) is 42.4 Å². The van der Waals surface area contributed by atoms with E-state index in [1.54, 1.807) is 30.3 Å². The number of hydrogen-bond donors (Lipinski definition) is 2. The average molecular weight is 807 g/mol. The quantitative estimate of drug-likeness (QED) is 0.216. The predicted octanol–water partition coefficient (Wildman–Crippen LogP) is 3.22. The Kier molecular flexibility index (Phi) is 12.0. The first-order valence-electron chi connectivity index (χ1n) is 21.0. The summed E-state index contributed by atoms with van der Waals surface area (Å²) in [6.45, 7) is 11.0. The Hall–Kier alpha value is -5.25. The second kappa shape index (κ2) is 17.5. The van der Waals surface area contributed by atoms with Gasteiger partial charge >= 0.3 is 0 Å². The molecule has 4 saturated heterocycles. The summed E-state index contributed by atoms with van der Waals surface area (Å²) >= 11 is 0. The van der Waals surface area contributed by atoms with Crippen molar-refractivity contribution in [3.05, 3.63) is 93.5 Å². The zero-order valence-corrected chi connectivity index (χ0v) is 34.3. The summed E-state index contributed by atoms with van der Waals surface area (Å²) in [5.41, 5.74) is 4.91. The molecule has 59 heavy (non-hydrogen) atoms. The Morgan fingerprint density at radius 2 is 1.68 bits per heavy atom. The Labute approximate surface area is 344 Å². The van der Waals surface area contributed by atoms with Crippen LogP contribution in [0.1, 0.15) is 54.3 Å². The topological polar surface area (TPSA) is 139 Å². The van der Waals surface area contributed by atoms with Crippen molar-refractivity contribution >= 4 is 40.0 Å². The number of anilines is 2. The van der Waals surface area contributed by atoms with Crippen molar-refractivity contribution in [3.63, 3.8) is 0 Å². The first kappa shape index (κ1) is 40.5. The van der Waals surface area contributed by atoms with Crippen LogP contribution in [0.4, 0.5) is 15.8 Å². The highest BCUT2D eigenvalue weighted by Crippen LogP contribution is 2.33. The summed E-state index contributed by atoms with van der Waals surface area (Å²) in [7, 11) is 4.29. The smallest absolute Gasteiger partial charge is 0.278 e. The molecule has 0 aliphatic carbocycles. The van der Waals surface area contributed by atoms with E-state index < -0.39 is 17.5 Å². The number of fused-ring (bicyclic) bond motifs is 1. The molecular weight excluding hydrogens is 752 g/mol. The lowest BCUT2D eigenvalue weighted by Gasteiger charge is -2.39. The number of nitrogens with one attached hydrogen (secondary N) is 2. The molecule has 5 heterocycles. The zero-order chi connectivity index (χ0) is 41.2. The van der Waals surface area contributed by atoms with Gasteiger partial charge in [-0.05, 0) is 93.7 Å². The van der Waals surface area contributed by atoms with Gasteiger partial charge in [-0.15, -0.1) is 5.10 Å². The number of piperidine rings is 2. The molecule has 0 radical (unpaired) electrons.